The molecule has 1 aliphatic heterocycles. The number of ether oxygens (including phenoxy) is 2. The highest BCUT2D eigenvalue weighted by molar-refractivity contribution is 5.98. The maximum Gasteiger partial charge on any atom is 0.573 e. The monoisotopic (exact) mass is 436 g/mol. The van der Waals surface area contributed by atoms with E-state index in [0.717, 1.165) is 29.9 Å². The summed E-state index contributed by atoms with van der Waals surface area (Å²) < 4.78 is 46.1. The van der Waals surface area contributed by atoms with E-state index < -0.39 is 6.36 Å². The number of nitrogens with zero attached hydrogens (tertiary/aromatic N) is 1. The van der Waals surface area contributed by atoms with Gasteiger partial charge in [0.15, 0.2) is 0 Å². The standard InChI is InChI=1S/C23H27F3N2O3/c1-15(2)20-13-18(28-8-10-30-11-9-28)12-16(3)21(20)22(29)27-14-17-4-6-19(7-5-17)31-23(24,25)26/h4-7,12-13,15H,8-11,14H2,1-3H3,(H,27,29). The molecule has 1 fully saturated rings. The molecule has 8 heteroatoms. The maximum absolute atomic E-state index is 13.0. The Morgan fingerprint density at radius 1 is 1.16 bits per heavy atom. The summed E-state index contributed by atoms with van der Waals surface area (Å²) in [7, 11) is 0. The highest BCUT2D eigenvalue weighted by Crippen LogP contribution is 2.29. The van der Waals surface area contributed by atoms with Gasteiger partial charge in [-0.25, -0.2) is 0 Å². The van der Waals surface area contributed by atoms with E-state index in [0.29, 0.717) is 24.3 Å². The number of carbonyl (C=O) groups is 1. The zero-order chi connectivity index (χ0) is 22.6. The molecule has 0 radical (unpaired) electrons. The second-order valence-corrected chi connectivity index (χ2v) is 7.86. The van der Waals surface area contributed by atoms with Crippen molar-refractivity contribution in [3.8, 4) is 5.75 Å². The summed E-state index contributed by atoms with van der Waals surface area (Å²) in [6, 6.07) is 9.56. The lowest BCUT2D eigenvalue weighted by Gasteiger charge is -2.30. The Kier molecular flexibility index (Phi) is 7.10. The quantitative estimate of drug-likeness (QED) is 0.708. The highest BCUT2D eigenvalue weighted by atomic mass is 19.4. The summed E-state index contributed by atoms with van der Waals surface area (Å²) >= 11 is 0. The highest BCUT2D eigenvalue weighted by Gasteiger charge is 2.31. The van der Waals surface area contributed by atoms with Gasteiger partial charge in [0.05, 0.1) is 13.2 Å². The lowest BCUT2D eigenvalue weighted by atomic mass is 9.92. The van der Waals surface area contributed by atoms with Crippen molar-refractivity contribution in [2.24, 2.45) is 0 Å². The number of carbonyl (C=O) groups excluding carboxylic acids is 1. The number of halogens is 3. The van der Waals surface area contributed by atoms with E-state index in [1.165, 1.54) is 24.3 Å². The van der Waals surface area contributed by atoms with E-state index >= 15 is 0 Å². The fourth-order valence-electron chi connectivity index (χ4n) is 3.64. The number of hydrogen-bond donors (Lipinski definition) is 1. The number of anilines is 1. The Balaban J connectivity index is 1.73. The van der Waals surface area contributed by atoms with Gasteiger partial charge < -0.3 is 19.7 Å². The average Bonchev–Trinajstić information content (AvgIpc) is 2.72. The molecule has 0 atom stereocenters. The summed E-state index contributed by atoms with van der Waals surface area (Å²) in [5.41, 5.74) is 4.26. The third kappa shape index (κ3) is 6.13. The van der Waals surface area contributed by atoms with Crippen LogP contribution in [0.25, 0.3) is 0 Å². The third-order valence-electron chi connectivity index (χ3n) is 5.19. The Morgan fingerprint density at radius 2 is 1.81 bits per heavy atom. The number of aryl methyl sites for hydroxylation is 1. The summed E-state index contributed by atoms with van der Waals surface area (Å²) in [4.78, 5) is 15.2. The SMILES string of the molecule is Cc1cc(N2CCOCC2)cc(C(C)C)c1C(=O)NCc1ccc(OC(F)(F)F)cc1. The number of benzene rings is 2. The number of morpholine rings is 1. The topological polar surface area (TPSA) is 50.8 Å². The molecule has 0 unspecified atom stereocenters. The normalized spacial score (nSPS) is 14.6. The van der Waals surface area contributed by atoms with Crippen molar-refractivity contribution < 1.29 is 27.4 Å². The van der Waals surface area contributed by atoms with Crippen molar-refractivity contribution in [3.63, 3.8) is 0 Å². The van der Waals surface area contributed by atoms with Crippen molar-refractivity contribution in [1.82, 2.24) is 5.32 Å². The molecular formula is C23H27F3N2O3. The lowest BCUT2D eigenvalue weighted by molar-refractivity contribution is -0.274. The predicted octanol–water partition coefficient (Wildman–Crippen LogP) is 4.78. The van der Waals surface area contributed by atoms with Crippen LogP contribution in [-0.2, 0) is 11.3 Å². The van der Waals surface area contributed by atoms with E-state index in [1.807, 2.05) is 26.8 Å². The molecule has 0 aromatic heterocycles. The van der Waals surface area contributed by atoms with Gasteiger partial charge in [-0.1, -0.05) is 26.0 Å². The molecule has 168 valence electrons. The van der Waals surface area contributed by atoms with Crippen LogP contribution < -0.4 is 15.0 Å². The van der Waals surface area contributed by atoms with Gasteiger partial charge in [0, 0.05) is 30.9 Å². The van der Waals surface area contributed by atoms with E-state index in [9.17, 15) is 18.0 Å². The van der Waals surface area contributed by atoms with Crippen LogP contribution in [0.15, 0.2) is 36.4 Å². The number of amides is 1. The maximum atomic E-state index is 13.0. The Bertz CT molecular complexity index is 906. The molecule has 0 spiro atoms. The van der Waals surface area contributed by atoms with Gasteiger partial charge in [0.1, 0.15) is 5.75 Å². The summed E-state index contributed by atoms with van der Waals surface area (Å²) in [5, 5.41) is 2.88. The van der Waals surface area contributed by atoms with E-state index in [1.54, 1.807) is 0 Å². The molecule has 1 amide bonds. The van der Waals surface area contributed by atoms with Gasteiger partial charge in [0.2, 0.25) is 0 Å². The summed E-state index contributed by atoms with van der Waals surface area (Å²) in [6.07, 6.45) is -4.73. The van der Waals surface area contributed by atoms with Crippen LogP contribution in [0.4, 0.5) is 18.9 Å². The minimum absolute atomic E-state index is 0.152. The molecule has 1 N–H and O–H groups in total. The third-order valence-corrected chi connectivity index (χ3v) is 5.19. The lowest BCUT2D eigenvalue weighted by Crippen LogP contribution is -2.36. The second-order valence-electron chi connectivity index (χ2n) is 7.86. The van der Waals surface area contributed by atoms with Crippen molar-refractivity contribution in [2.45, 2.75) is 39.6 Å². The molecule has 31 heavy (non-hydrogen) atoms. The van der Waals surface area contributed by atoms with Gasteiger partial charge in [0.25, 0.3) is 5.91 Å². The van der Waals surface area contributed by atoms with Crippen molar-refractivity contribution in [1.29, 1.82) is 0 Å². The summed E-state index contributed by atoms with van der Waals surface area (Å²) in [5.74, 6) is -0.344. The number of nitrogens with one attached hydrogen (secondary N) is 1. The molecule has 1 saturated heterocycles. The molecule has 3 rings (SSSR count). The Morgan fingerprint density at radius 3 is 2.39 bits per heavy atom. The van der Waals surface area contributed by atoms with Crippen molar-refractivity contribution >= 4 is 11.6 Å². The number of rotatable bonds is 6. The van der Waals surface area contributed by atoms with Crippen molar-refractivity contribution in [3.05, 3.63) is 58.7 Å². The van der Waals surface area contributed by atoms with Gasteiger partial charge in [-0.15, -0.1) is 13.2 Å². The fourth-order valence-corrected chi connectivity index (χ4v) is 3.64. The largest absolute Gasteiger partial charge is 0.573 e. The van der Waals surface area contributed by atoms with E-state index in [2.05, 4.69) is 21.0 Å². The van der Waals surface area contributed by atoms with Crippen LogP contribution >= 0.6 is 0 Å². The smallest absolute Gasteiger partial charge is 0.406 e. The van der Waals surface area contributed by atoms with Gasteiger partial charge in [-0.3, -0.25) is 4.79 Å². The zero-order valence-electron chi connectivity index (χ0n) is 17.9. The van der Waals surface area contributed by atoms with Crippen molar-refractivity contribution in [2.75, 3.05) is 31.2 Å². The molecule has 5 nitrogen and oxygen atoms in total. The van der Waals surface area contributed by atoms with Crippen LogP contribution in [0.5, 0.6) is 5.75 Å². The van der Waals surface area contributed by atoms with E-state index in [4.69, 9.17) is 4.74 Å². The molecular weight excluding hydrogens is 409 g/mol. The molecule has 2 aromatic carbocycles. The van der Waals surface area contributed by atoms with Crippen LogP contribution in [0.3, 0.4) is 0 Å². The minimum Gasteiger partial charge on any atom is -0.406 e. The number of alkyl halides is 3. The number of hydrogen-bond acceptors (Lipinski definition) is 4. The van der Waals surface area contributed by atoms with E-state index in [-0.39, 0.29) is 24.1 Å². The fraction of sp³-hybridized carbons (Fsp3) is 0.435. The first kappa shape index (κ1) is 22.9. The molecule has 0 saturated carbocycles. The first-order valence-electron chi connectivity index (χ1n) is 10.2. The molecule has 0 aliphatic carbocycles. The van der Waals surface area contributed by atoms with Gasteiger partial charge >= 0.3 is 6.36 Å². The predicted molar refractivity (Wildman–Crippen MR) is 113 cm³/mol. The summed E-state index contributed by atoms with van der Waals surface area (Å²) in [6.45, 7) is 9.23. The van der Waals surface area contributed by atoms with Gasteiger partial charge in [-0.05, 0) is 53.8 Å². The molecule has 2 aromatic rings. The Labute approximate surface area is 180 Å². The molecule has 1 heterocycles. The first-order chi connectivity index (χ1) is 14.6. The molecule has 0 bridgehead atoms. The van der Waals surface area contributed by atoms with Crippen LogP contribution in [0.2, 0.25) is 0 Å². The molecule has 1 aliphatic rings. The van der Waals surface area contributed by atoms with Crippen LogP contribution in [0.1, 0.15) is 46.8 Å². The second kappa shape index (κ2) is 9.60. The first-order valence-corrected chi connectivity index (χ1v) is 10.2. The Hall–Kier alpha value is -2.74. The van der Waals surface area contributed by atoms with Crippen LogP contribution in [-0.4, -0.2) is 38.6 Å². The average molecular weight is 436 g/mol. The minimum atomic E-state index is -4.73. The van der Waals surface area contributed by atoms with Crippen LogP contribution in [0, 0.1) is 6.92 Å². The van der Waals surface area contributed by atoms with Gasteiger partial charge in [-0.2, -0.15) is 0 Å². The zero-order valence-corrected chi connectivity index (χ0v) is 17.9.